The Kier molecular flexibility index (Phi) is 7.18. The number of halogens is 1. The fourth-order valence-electron chi connectivity index (χ4n) is 2.28. The molecular formula is C19H23FN2O4S. The Morgan fingerprint density at radius 3 is 2.48 bits per heavy atom. The molecule has 0 fully saturated rings. The van der Waals surface area contributed by atoms with E-state index in [4.69, 9.17) is 4.74 Å². The van der Waals surface area contributed by atoms with E-state index in [1.807, 2.05) is 6.92 Å². The molecule has 0 bridgehead atoms. The maximum Gasteiger partial charge on any atom is 0.261 e. The molecule has 0 saturated carbocycles. The number of hydrogen-bond acceptors (Lipinski definition) is 4. The Bertz CT molecular complexity index is 883. The van der Waals surface area contributed by atoms with E-state index < -0.39 is 15.8 Å². The van der Waals surface area contributed by atoms with Gasteiger partial charge in [-0.3, -0.25) is 9.52 Å². The number of amides is 1. The number of ether oxygens (including phenoxy) is 1. The SMILES string of the molecule is CCCCNC(=O)COc1ccc(S(=O)(=O)Nc2ccc(F)cc2)cc1C. The predicted molar refractivity (Wildman–Crippen MR) is 102 cm³/mol. The number of unbranched alkanes of at least 4 members (excludes halogenated alkanes) is 1. The van der Waals surface area contributed by atoms with E-state index >= 15 is 0 Å². The highest BCUT2D eigenvalue weighted by molar-refractivity contribution is 7.92. The molecule has 2 rings (SSSR count). The summed E-state index contributed by atoms with van der Waals surface area (Å²) in [4.78, 5) is 11.7. The molecule has 6 nitrogen and oxygen atoms in total. The molecule has 2 aromatic carbocycles. The van der Waals surface area contributed by atoms with Crippen LogP contribution in [-0.4, -0.2) is 27.5 Å². The van der Waals surface area contributed by atoms with Gasteiger partial charge in [0.2, 0.25) is 0 Å². The second kappa shape index (κ2) is 9.36. The first-order valence-electron chi connectivity index (χ1n) is 8.60. The van der Waals surface area contributed by atoms with Crippen LogP contribution in [0.3, 0.4) is 0 Å². The molecule has 146 valence electrons. The van der Waals surface area contributed by atoms with Crippen molar-refractivity contribution in [1.29, 1.82) is 0 Å². The van der Waals surface area contributed by atoms with Gasteiger partial charge in [-0.15, -0.1) is 0 Å². The minimum Gasteiger partial charge on any atom is -0.484 e. The number of aryl methyl sites for hydroxylation is 1. The monoisotopic (exact) mass is 394 g/mol. The van der Waals surface area contributed by atoms with Crippen molar-refractivity contribution in [2.45, 2.75) is 31.6 Å². The molecule has 1 amide bonds. The Morgan fingerprint density at radius 2 is 1.85 bits per heavy atom. The summed E-state index contributed by atoms with van der Waals surface area (Å²) in [5.74, 6) is -0.243. The van der Waals surface area contributed by atoms with Crippen molar-refractivity contribution < 1.29 is 22.3 Å². The van der Waals surface area contributed by atoms with Gasteiger partial charge < -0.3 is 10.1 Å². The van der Waals surface area contributed by atoms with E-state index in [0.717, 1.165) is 12.8 Å². The first kappa shape index (κ1) is 20.7. The molecule has 0 aliphatic rings. The van der Waals surface area contributed by atoms with E-state index in [9.17, 15) is 17.6 Å². The molecule has 0 saturated heterocycles. The molecule has 0 aliphatic heterocycles. The molecule has 0 radical (unpaired) electrons. The minimum absolute atomic E-state index is 0.0454. The Morgan fingerprint density at radius 1 is 1.15 bits per heavy atom. The highest BCUT2D eigenvalue weighted by Crippen LogP contribution is 2.23. The van der Waals surface area contributed by atoms with Gasteiger partial charge in [0.1, 0.15) is 11.6 Å². The molecule has 0 unspecified atom stereocenters. The highest BCUT2D eigenvalue weighted by Gasteiger charge is 2.16. The van der Waals surface area contributed by atoms with Crippen LogP contribution in [0.2, 0.25) is 0 Å². The fraction of sp³-hybridized carbons (Fsp3) is 0.316. The van der Waals surface area contributed by atoms with E-state index in [1.54, 1.807) is 6.92 Å². The zero-order chi connectivity index (χ0) is 19.9. The van der Waals surface area contributed by atoms with Gasteiger partial charge in [0.25, 0.3) is 15.9 Å². The van der Waals surface area contributed by atoms with Gasteiger partial charge in [-0.1, -0.05) is 13.3 Å². The fourth-order valence-corrected chi connectivity index (χ4v) is 3.43. The van der Waals surface area contributed by atoms with Gasteiger partial charge in [-0.25, -0.2) is 12.8 Å². The third-order valence-electron chi connectivity index (χ3n) is 3.76. The van der Waals surface area contributed by atoms with Gasteiger partial charge >= 0.3 is 0 Å². The number of nitrogens with one attached hydrogen (secondary N) is 2. The number of anilines is 1. The van der Waals surface area contributed by atoms with Crippen molar-refractivity contribution in [1.82, 2.24) is 5.32 Å². The molecule has 27 heavy (non-hydrogen) atoms. The standard InChI is InChI=1S/C19H23FN2O4S/c1-3-4-11-21-19(23)13-26-18-10-9-17(12-14(18)2)27(24,25)22-16-7-5-15(20)6-8-16/h5-10,12,22H,3-4,11,13H2,1-2H3,(H,21,23). The van der Waals surface area contributed by atoms with Crippen molar-refractivity contribution in [3.8, 4) is 5.75 Å². The van der Waals surface area contributed by atoms with Crippen molar-refractivity contribution >= 4 is 21.6 Å². The summed E-state index contributed by atoms with van der Waals surface area (Å²) in [6.45, 7) is 4.20. The third-order valence-corrected chi connectivity index (χ3v) is 5.14. The molecule has 2 aromatic rings. The summed E-state index contributed by atoms with van der Waals surface area (Å²) < 4.78 is 45.7. The molecule has 0 spiro atoms. The van der Waals surface area contributed by atoms with E-state index in [2.05, 4.69) is 10.0 Å². The second-order valence-corrected chi connectivity index (χ2v) is 7.71. The molecule has 0 atom stereocenters. The minimum atomic E-state index is -3.82. The van der Waals surface area contributed by atoms with Crippen LogP contribution in [0.1, 0.15) is 25.3 Å². The summed E-state index contributed by atoms with van der Waals surface area (Å²) in [6, 6.07) is 9.38. The summed E-state index contributed by atoms with van der Waals surface area (Å²) in [7, 11) is -3.82. The molecular weight excluding hydrogens is 371 g/mol. The first-order chi connectivity index (χ1) is 12.8. The van der Waals surface area contributed by atoms with Crippen LogP contribution in [0.4, 0.5) is 10.1 Å². The average molecular weight is 394 g/mol. The van der Waals surface area contributed by atoms with Gasteiger partial charge in [0.05, 0.1) is 4.90 Å². The summed E-state index contributed by atoms with van der Waals surface area (Å²) in [6.07, 6.45) is 1.89. The first-order valence-corrected chi connectivity index (χ1v) is 10.1. The van der Waals surface area contributed by atoms with Crippen molar-refractivity contribution in [2.75, 3.05) is 17.9 Å². The Hall–Kier alpha value is -2.61. The molecule has 0 aliphatic carbocycles. The van der Waals surface area contributed by atoms with Gasteiger partial charge in [0.15, 0.2) is 6.61 Å². The average Bonchev–Trinajstić information content (AvgIpc) is 2.62. The number of hydrogen-bond donors (Lipinski definition) is 2. The van der Waals surface area contributed by atoms with E-state index in [-0.39, 0.29) is 23.1 Å². The normalized spacial score (nSPS) is 11.1. The Labute approximate surface area is 158 Å². The van der Waals surface area contributed by atoms with Crippen molar-refractivity contribution in [3.63, 3.8) is 0 Å². The largest absolute Gasteiger partial charge is 0.484 e. The summed E-state index contributed by atoms with van der Waals surface area (Å²) in [5.41, 5.74) is 0.844. The van der Waals surface area contributed by atoms with Crippen LogP contribution in [0.25, 0.3) is 0 Å². The third kappa shape index (κ3) is 6.25. The lowest BCUT2D eigenvalue weighted by Gasteiger charge is -2.12. The quantitative estimate of drug-likeness (QED) is 0.640. The maximum atomic E-state index is 12.9. The molecule has 2 N–H and O–H groups in total. The van der Waals surface area contributed by atoms with Crippen LogP contribution in [0, 0.1) is 12.7 Å². The topological polar surface area (TPSA) is 84.5 Å². The number of rotatable bonds is 9. The van der Waals surface area contributed by atoms with Crippen molar-refractivity contribution in [3.05, 3.63) is 53.8 Å². The number of carbonyl (C=O) groups is 1. The van der Waals surface area contributed by atoms with Crippen molar-refractivity contribution in [2.24, 2.45) is 0 Å². The number of carbonyl (C=O) groups excluding carboxylic acids is 1. The van der Waals surface area contributed by atoms with Crippen LogP contribution in [0.15, 0.2) is 47.4 Å². The lowest BCUT2D eigenvalue weighted by Crippen LogP contribution is -2.29. The maximum absolute atomic E-state index is 12.9. The number of sulfonamides is 1. The lowest BCUT2D eigenvalue weighted by atomic mass is 10.2. The van der Waals surface area contributed by atoms with Gasteiger partial charge in [-0.05, 0) is 61.4 Å². The number of benzene rings is 2. The highest BCUT2D eigenvalue weighted by atomic mass is 32.2. The Balaban J connectivity index is 2.02. The smallest absolute Gasteiger partial charge is 0.261 e. The van der Waals surface area contributed by atoms with Gasteiger partial charge in [0, 0.05) is 12.2 Å². The van der Waals surface area contributed by atoms with Crippen LogP contribution < -0.4 is 14.8 Å². The lowest BCUT2D eigenvalue weighted by molar-refractivity contribution is -0.123. The van der Waals surface area contributed by atoms with E-state index in [0.29, 0.717) is 17.9 Å². The molecule has 0 heterocycles. The zero-order valence-electron chi connectivity index (χ0n) is 15.3. The summed E-state index contributed by atoms with van der Waals surface area (Å²) in [5, 5.41) is 2.74. The second-order valence-electron chi connectivity index (χ2n) is 6.03. The zero-order valence-corrected chi connectivity index (χ0v) is 16.1. The van der Waals surface area contributed by atoms with Crippen LogP contribution in [0.5, 0.6) is 5.75 Å². The van der Waals surface area contributed by atoms with Gasteiger partial charge in [-0.2, -0.15) is 0 Å². The van der Waals surface area contributed by atoms with Crippen LogP contribution >= 0.6 is 0 Å². The molecule has 8 heteroatoms. The van der Waals surface area contributed by atoms with E-state index in [1.165, 1.54) is 42.5 Å². The summed E-state index contributed by atoms with van der Waals surface area (Å²) >= 11 is 0. The predicted octanol–water partition coefficient (Wildman–Crippen LogP) is 3.23. The molecule has 0 aromatic heterocycles. The van der Waals surface area contributed by atoms with Crippen LogP contribution in [-0.2, 0) is 14.8 Å².